The topological polar surface area (TPSA) is 38.3 Å². The molecule has 0 aliphatic carbocycles. The standard InChI is InChI=1S/C12H15BrClNO2/c1-8-4-3-5-10(11(8)14)12(16)15-6-9(13)7-17-2/h3-5,9H,6-7H2,1-2H3,(H,15,16). The Hall–Kier alpha value is -0.580. The first-order valence-electron chi connectivity index (χ1n) is 5.22. The Morgan fingerprint density at radius 3 is 2.94 bits per heavy atom. The van der Waals surface area contributed by atoms with Gasteiger partial charge in [-0.3, -0.25) is 4.79 Å². The highest BCUT2D eigenvalue weighted by Crippen LogP contribution is 2.20. The number of methoxy groups -OCH3 is 1. The van der Waals surface area contributed by atoms with Gasteiger partial charge < -0.3 is 10.1 Å². The van der Waals surface area contributed by atoms with Gasteiger partial charge in [0.05, 0.1) is 22.0 Å². The Morgan fingerprint density at radius 2 is 2.29 bits per heavy atom. The first-order chi connectivity index (χ1) is 8.06. The number of alkyl halides is 1. The SMILES string of the molecule is COCC(Br)CNC(=O)c1cccc(C)c1Cl. The summed E-state index contributed by atoms with van der Waals surface area (Å²) < 4.78 is 4.96. The molecule has 0 spiro atoms. The minimum Gasteiger partial charge on any atom is -0.383 e. The van der Waals surface area contributed by atoms with E-state index in [4.69, 9.17) is 16.3 Å². The fourth-order valence-corrected chi connectivity index (χ4v) is 2.00. The van der Waals surface area contributed by atoms with Crippen molar-refractivity contribution in [1.82, 2.24) is 5.32 Å². The molecule has 0 heterocycles. The molecule has 1 rings (SSSR count). The third-order valence-corrected chi connectivity index (χ3v) is 3.36. The monoisotopic (exact) mass is 319 g/mol. The Kier molecular flexibility index (Phi) is 5.95. The Bertz CT molecular complexity index is 398. The van der Waals surface area contributed by atoms with Crippen LogP contribution in [-0.4, -0.2) is 31.0 Å². The number of amides is 1. The van der Waals surface area contributed by atoms with E-state index in [1.165, 1.54) is 0 Å². The third-order valence-electron chi connectivity index (χ3n) is 2.27. The van der Waals surface area contributed by atoms with Gasteiger partial charge in [-0.25, -0.2) is 0 Å². The fourth-order valence-electron chi connectivity index (χ4n) is 1.36. The van der Waals surface area contributed by atoms with E-state index in [0.29, 0.717) is 23.7 Å². The van der Waals surface area contributed by atoms with Crippen LogP contribution in [0.5, 0.6) is 0 Å². The molecule has 94 valence electrons. The molecule has 1 amide bonds. The third kappa shape index (κ3) is 4.30. The van der Waals surface area contributed by atoms with Crippen LogP contribution < -0.4 is 5.32 Å². The van der Waals surface area contributed by atoms with Crippen molar-refractivity contribution in [1.29, 1.82) is 0 Å². The summed E-state index contributed by atoms with van der Waals surface area (Å²) in [5.41, 5.74) is 1.40. The molecule has 0 fully saturated rings. The number of nitrogens with one attached hydrogen (secondary N) is 1. The van der Waals surface area contributed by atoms with Crippen LogP contribution in [0, 0.1) is 6.92 Å². The molecule has 0 saturated heterocycles. The highest BCUT2D eigenvalue weighted by atomic mass is 79.9. The molecule has 0 saturated carbocycles. The molecule has 1 unspecified atom stereocenters. The van der Waals surface area contributed by atoms with Crippen LogP contribution in [0.25, 0.3) is 0 Å². The predicted octanol–water partition coefficient (Wildman–Crippen LogP) is 2.79. The number of hydrogen-bond acceptors (Lipinski definition) is 2. The molecule has 0 bridgehead atoms. The summed E-state index contributed by atoms with van der Waals surface area (Å²) in [7, 11) is 1.62. The van der Waals surface area contributed by atoms with Crippen molar-refractivity contribution in [3.8, 4) is 0 Å². The minimum atomic E-state index is -0.167. The van der Waals surface area contributed by atoms with Crippen molar-refractivity contribution in [3.63, 3.8) is 0 Å². The molecule has 0 aromatic heterocycles. The second-order valence-corrected chi connectivity index (χ2v) is 5.37. The van der Waals surface area contributed by atoms with E-state index < -0.39 is 0 Å². The maximum absolute atomic E-state index is 11.9. The van der Waals surface area contributed by atoms with E-state index in [1.807, 2.05) is 19.1 Å². The van der Waals surface area contributed by atoms with Crippen molar-refractivity contribution in [2.24, 2.45) is 0 Å². The first-order valence-corrected chi connectivity index (χ1v) is 6.52. The van der Waals surface area contributed by atoms with Gasteiger partial charge in [0.1, 0.15) is 0 Å². The van der Waals surface area contributed by atoms with Crippen LogP contribution in [0.3, 0.4) is 0 Å². The lowest BCUT2D eigenvalue weighted by Gasteiger charge is -2.11. The van der Waals surface area contributed by atoms with Crippen molar-refractivity contribution < 1.29 is 9.53 Å². The van der Waals surface area contributed by atoms with Crippen molar-refractivity contribution in [2.75, 3.05) is 20.3 Å². The molecule has 17 heavy (non-hydrogen) atoms. The zero-order chi connectivity index (χ0) is 12.8. The number of halogens is 2. The molecule has 3 nitrogen and oxygen atoms in total. The number of carbonyl (C=O) groups excluding carboxylic acids is 1. The Labute approximate surface area is 115 Å². The summed E-state index contributed by atoms with van der Waals surface area (Å²) in [5.74, 6) is -0.167. The van der Waals surface area contributed by atoms with E-state index in [-0.39, 0.29) is 10.7 Å². The minimum absolute atomic E-state index is 0.0973. The maximum Gasteiger partial charge on any atom is 0.252 e. The van der Waals surface area contributed by atoms with E-state index >= 15 is 0 Å². The van der Waals surface area contributed by atoms with E-state index in [2.05, 4.69) is 21.2 Å². The molecule has 0 aliphatic heterocycles. The van der Waals surface area contributed by atoms with Gasteiger partial charge in [0.2, 0.25) is 0 Å². The number of aryl methyl sites for hydroxylation is 1. The number of benzene rings is 1. The van der Waals surface area contributed by atoms with Crippen molar-refractivity contribution >= 4 is 33.4 Å². The van der Waals surface area contributed by atoms with Crippen LogP contribution in [0.2, 0.25) is 5.02 Å². The van der Waals surface area contributed by atoms with Crippen LogP contribution in [-0.2, 0) is 4.74 Å². The molecule has 1 atom stereocenters. The van der Waals surface area contributed by atoms with E-state index in [9.17, 15) is 4.79 Å². The lowest BCUT2D eigenvalue weighted by molar-refractivity contribution is 0.0950. The number of ether oxygens (including phenoxy) is 1. The van der Waals surface area contributed by atoms with Gasteiger partial charge in [0.15, 0.2) is 0 Å². The Morgan fingerprint density at radius 1 is 1.59 bits per heavy atom. The quantitative estimate of drug-likeness (QED) is 0.847. The second kappa shape index (κ2) is 6.99. The largest absolute Gasteiger partial charge is 0.383 e. The van der Waals surface area contributed by atoms with Gasteiger partial charge in [-0.1, -0.05) is 39.7 Å². The van der Waals surface area contributed by atoms with E-state index in [1.54, 1.807) is 13.2 Å². The summed E-state index contributed by atoms with van der Waals surface area (Å²) in [6.45, 7) is 2.91. The summed E-state index contributed by atoms with van der Waals surface area (Å²) >= 11 is 9.47. The molecule has 0 radical (unpaired) electrons. The normalized spacial score (nSPS) is 12.2. The highest BCUT2D eigenvalue weighted by Gasteiger charge is 2.12. The van der Waals surface area contributed by atoms with Gasteiger partial charge in [-0.15, -0.1) is 0 Å². The fraction of sp³-hybridized carbons (Fsp3) is 0.417. The molecule has 1 aromatic carbocycles. The number of rotatable bonds is 5. The van der Waals surface area contributed by atoms with Crippen molar-refractivity contribution in [3.05, 3.63) is 34.3 Å². The molecule has 1 N–H and O–H groups in total. The molecular formula is C12H15BrClNO2. The highest BCUT2D eigenvalue weighted by molar-refractivity contribution is 9.09. The lowest BCUT2D eigenvalue weighted by Crippen LogP contribution is -2.31. The zero-order valence-electron chi connectivity index (χ0n) is 9.80. The van der Waals surface area contributed by atoms with Gasteiger partial charge in [-0.05, 0) is 18.6 Å². The summed E-state index contributed by atoms with van der Waals surface area (Å²) in [6, 6.07) is 5.40. The predicted molar refractivity (Wildman–Crippen MR) is 73.1 cm³/mol. The summed E-state index contributed by atoms with van der Waals surface area (Å²) in [4.78, 5) is 12.0. The molecular weight excluding hydrogens is 305 g/mol. The number of hydrogen-bond donors (Lipinski definition) is 1. The second-order valence-electron chi connectivity index (χ2n) is 3.70. The zero-order valence-corrected chi connectivity index (χ0v) is 12.1. The van der Waals surface area contributed by atoms with Crippen LogP contribution >= 0.6 is 27.5 Å². The average Bonchev–Trinajstić information content (AvgIpc) is 2.30. The van der Waals surface area contributed by atoms with Crippen LogP contribution in [0.15, 0.2) is 18.2 Å². The summed E-state index contributed by atoms with van der Waals surface area (Å²) in [5, 5.41) is 3.30. The van der Waals surface area contributed by atoms with Gasteiger partial charge >= 0.3 is 0 Å². The van der Waals surface area contributed by atoms with Gasteiger partial charge in [0, 0.05) is 13.7 Å². The van der Waals surface area contributed by atoms with Gasteiger partial charge in [0.25, 0.3) is 5.91 Å². The number of carbonyl (C=O) groups is 1. The molecule has 1 aromatic rings. The van der Waals surface area contributed by atoms with Crippen LogP contribution in [0.1, 0.15) is 15.9 Å². The van der Waals surface area contributed by atoms with Gasteiger partial charge in [-0.2, -0.15) is 0 Å². The first kappa shape index (κ1) is 14.5. The van der Waals surface area contributed by atoms with Crippen LogP contribution in [0.4, 0.5) is 0 Å². The lowest BCUT2D eigenvalue weighted by atomic mass is 10.1. The Balaban J connectivity index is 2.61. The maximum atomic E-state index is 11.9. The van der Waals surface area contributed by atoms with Crippen molar-refractivity contribution in [2.45, 2.75) is 11.8 Å². The smallest absolute Gasteiger partial charge is 0.252 e. The molecule has 5 heteroatoms. The summed E-state index contributed by atoms with van der Waals surface area (Å²) in [6.07, 6.45) is 0. The average molecular weight is 321 g/mol. The van der Waals surface area contributed by atoms with E-state index in [0.717, 1.165) is 5.56 Å². The molecule has 0 aliphatic rings.